The van der Waals surface area contributed by atoms with Gasteiger partial charge in [0, 0.05) is 0 Å². The zero-order valence-electron chi connectivity index (χ0n) is 13.2. The number of carbonyl (C=O) groups excluding carboxylic acids is 1. The largest absolute Gasteiger partial charge is 0.452 e. The Bertz CT molecular complexity index is 869. The molecule has 3 rings (SSSR count). The van der Waals surface area contributed by atoms with Crippen LogP contribution in [0.2, 0.25) is 5.02 Å². The highest BCUT2D eigenvalue weighted by Crippen LogP contribution is 2.26. The number of halogens is 1. The van der Waals surface area contributed by atoms with Gasteiger partial charge < -0.3 is 9.15 Å². The number of ether oxygens (including phenoxy) is 1. The van der Waals surface area contributed by atoms with E-state index in [1.165, 1.54) is 0 Å². The molecule has 0 unspecified atom stereocenters. The van der Waals surface area contributed by atoms with Gasteiger partial charge >= 0.3 is 5.97 Å². The second-order valence-electron chi connectivity index (χ2n) is 5.43. The Morgan fingerprint density at radius 1 is 1.12 bits per heavy atom. The zero-order valence-corrected chi connectivity index (χ0v) is 14.0. The van der Waals surface area contributed by atoms with Crippen molar-refractivity contribution in [3.8, 4) is 11.5 Å². The maximum absolute atomic E-state index is 12.1. The van der Waals surface area contributed by atoms with E-state index >= 15 is 0 Å². The van der Waals surface area contributed by atoms with Crippen LogP contribution in [0.1, 0.15) is 27.4 Å². The average molecular weight is 343 g/mol. The average Bonchev–Trinajstić information content (AvgIpc) is 3.01. The Kier molecular flexibility index (Phi) is 4.62. The first-order valence-corrected chi connectivity index (χ1v) is 7.73. The SMILES string of the molecule is Cc1cc(C)cc(C(=O)OCc2nnc(-c3ccccc3Cl)o2)c1. The van der Waals surface area contributed by atoms with Gasteiger partial charge in [-0.15, -0.1) is 10.2 Å². The molecular formula is C18H15ClN2O3. The van der Waals surface area contributed by atoms with E-state index in [2.05, 4.69) is 10.2 Å². The molecule has 24 heavy (non-hydrogen) atoms. The predicted octanol–water partition coefficient (Wildman–Crippen LogP) is 4.36. The lowest BCUT2D eigenvalue weighted by atomic mass is 10.1. The van der Waals surface area contributed by atoms with E-state index in [-0.39, 0.29) is 18.4 Å². The van der Waals surface area contributed by atoms with E-state index in [1.807, 2.05) is 32.0 Å². The lowest BCUT2D eigenvalue weighted by molar-refractivity contribution is 0.0438. The first kappa shape index (κ1) is 16.2. The molecule has 6 heteroatoms. The molecule has 0 aliphatic rings. The molecular weight excluding hydrogens is 328 g/mol. The topological polar surface area (TPSA) is 65.2 Å². The molecule has 0 saturated heterocycles. The van der Waals surface area contributed by atoms with Crippen molar-refractivity contribution in [3.05, 3.63) is 70.1 Å². The molecule has 0 bridgehead atoms. The van der Waals surface area contributed by atoms with Gasteiger partial charge in [-0.05, 0) is 38.1 Å². The van der Waals surface area contributed by atoms with E-state index in [0.717, 1.165) is 11.1 Å². The fraction of sp³-hybridized carbons (Fsp3) is 0.167. The molecule has 3 aromatic rings. The number of hydrogen-bond acceptors (Lipinski definition) is 5. The quantitative estimate of drug-likeness (QED) is 0.659. The van der Waals surface area contributed by atoms with E-state index < -0.39 is 5.97 Å². The smallest absolute Gasteiger partial charge is 0.338 e. The number of nitrogens with zero attached hydrogens (tertiary/aromatic N) is 2. The molecule has 122 valence electrons. The Morgan fingerprint density at radius 2 is 1.83 bits per heavy atom. The van der Waals surface area contributed by atoms with Gasteiger partial charge in [0.25, 0.3) is 5.89 Å². The maximum atomic E-state index is 12.1. The Morgan fingerprint density at radius 3 is 2.54 bits per heavy atom. The van der Waals surface area contributed by atoms with Crippen molar-refractivity contribution in [2.45, 2.75) is 20.5 Å². The highest BCUT2D eigenvalue weighted by molar-refractivity contribution is 6.33. The summed E-state index contributed by atoms with van der Waals surface area (Å²) in [5, 5.41) is 8.33. The van der Waals surface area contributed by atoms with E-state index in [4.69, 9.17) is 20.8 Å². The summed E-state index contributed by atoms with van der Waals surface area (Å²) < 4.78 is 10.7. The van der Waals surface area contributed by atoms with Crippen LogP contribution in [0.3, 0.4) is 0 Å². The van der Waals surface area contributed by atoms with Gasteiger partial charge in [0.1, 0.15) is 0 Å². The van der Waals surface area contributed by atoms with Gasteiger partial charge in [0.05, 0.1) is 16.1 Å². The lowest BCUT2D eigenvalue weighted by Gasteiger charge is -2.04. The molecule has 1 aromatic heterocycles. The summed E-state index contributed by atoms with van der Waals surface area (Å²) in [4.78, 5) is 12.1. The monoisotopic (exact) mass is 342 g/mol. The Labute approximate surface area is 144 Å². The maximum Gasteiger partial charge on any atom is 0.338 e. The van der Waals surface area contributed by atoms with Crippen LogP contribution in [0.4, 0.5) is 0 Å². The Hall–Kier alpha value is -2.66. The van der Waals surface area contributed by atoms with Gasteiger partial charge in [0.2, 0.25) is 5.89 Å². The molecule has 0 saturated carbocycles. The van der Waals surface area contributed by atoms with Crippen molar-refractivity contribution in [2.24, 2.45) is 0 Å². The van der Waals surface area contributed by atoms with E-state index in [0.29, 0.717) is 16.1 Å². The number of hydrogen-bond donors (Lipinski definition) is 0. The minimum absolute atomic E-state index is 0.0940. The van der Waals surface area contributed by atoms with E-state index in [1.54, 1.807) is 24.3 Å². The standard InChI is InChI=1S/C18H15ClN2O3/c1-11-7-12(2)9-13(8-11)18(22)23-10-16-20-21-17(24-16)14-5-3-4-6-15(14)19/h3-9H,10H2,1-2H3. The van der Waals surface area contributed by atoms with Crippen molar-refractivity contribution in [3.63, 3.8) is 0 Å². The normalized spacial score (nSPS) is 10.6. The fourth-order valence-electron chi connectivity index (χ4n) is 2.36. The van der Waals surface area contributed by atoms with Crippen LogP contribution >= 0.6 is 11.6 Å². The van der Waals surface area contributed by atoms with Crippen LogP contribution in [0, 0.1) is 13.8 Å². The predicted molar refractivity (Wildman–Crippen MR) is 89.8 cm³/mol. The summed E-state index contributed by atoms with van der Waals surface area (Å²) in [5.74, 6) is 0.0694. The molecule has 0 aliphatic carbocycles. The van der Waals surface area contributed by atoms with Crippen molar-refractivity contribution >= 4 is 17.6 Å². The van der Waals surface area contributed by atoms with Crippen LogP contribution in [-0.4, -0.2) is 16.2 Å². The number of benzene rings is 2. The van der Waals surface area contributed by atoms with Crippen LogP contribution in [0.5, 0.6) is 0 Å². The Balaban J connectivity index is 1.69. The van der Waals surface area contributed by atoms with Crippen LogP contribution in [0.15, 0.2) is 46.9 Å². The molecule has 0 aliphatic heterocycles. The minimum Gasteiger partial charge on any atom is -0.452 e. The van der Waals surface area contributed by atoms with Gasteiger partial charge in [-0.3, -0.25) is 0 Å². The third-order valence-corrected chi connectivity index (χ3v) is 3.68. The molecule has 0 N–H and O–H groups in total. The number of esters is 1. The van der Waals surface area contributed by atoms with Gasteiger partial charge in [-0.2, -0.15) is 0 Å². The highest BCUT2D eigenvalue weighted by Gasteiger charge is 2.14. The molecule has 0 amide bonds. The highest BCUT2D eigenvalue weighted by atomic mass is 35.5. The zero-order chi connectivity index (χ0) is 17.1. The first-order valence-electron chi connectivity index (χ1n) is 7.35. The molecule has 1 heterocycles. The number of aryl methyl sites for hydroxylation is 2. The van der Waals surface area contributed by atoms with Crippen LogP contribution in [0.25, 0.3) is 11.5 Å². The second kappa shape index (κ2) is 6.84. The van der Waals surface area contributed by atoms with Gasteiger partial charge in [-0.1, -0.05) is 40.9 Å². The van der Waals surface area contributed by atoms with Crippen molar-refractivity contribution < 1.29 is 13.9 Å². The molecule has 0 spiro atoms. The van der Waals surface area contributed by atoms with Crippen LogP contribution in [-0.2, 0) is 11.3 Å². The third-order valence-electron chi connectivity index (χ3n) is 3.36. The number of carbonyl (C=O) groups is 1. The summed E-state index contributed by atoms with van der Waals surface area (Å²) in [6.07, 6.45) is 0. The summed E-state index contributed by atoms with van der Waals surface area (Å²) in [6.45, 7) is 3.76. The number of rotatable bonds is 4. The second-order valence-corrected chi connectivity index (χ2v) is 5.84. The molecule has 0 fully saturated rings. The van der Waals surface area contributed by atoms with Gasteiger partial charge in [-0.25, -0.2) is 4.79 Å². The summed E-state index contributed by atoms with van der Waals surface area (Å²) in [7, 11) is 0. The molecule has 2 aromatic carbocycles. The van der Waals surface area contributed by atoms with Crippen molar-refractivity contribution in [1.82, 2.24) is 10.2 Å². The summed E-state index contributed by atoms with van der Waals surface area (Å²) in [6, 6.07) is 12.7. The minimum atomic E-state index is -0.431. The number of aromatic nitrogens is 2. The summed E-state index contributed by atoms with van der Waals surface area (Å²) >= 11 is 6.09. The first-order chi connectivity index (χ1) is 11.5. The fourth-order valence-corrected chi connectivity index (χ4v) is 2.58. The van der Waals surface area contributed by atoms with E-state index in [9.17, 15) is 4.79 Å². The van der Waals surface area contributed by atoms with Crippen molar-refractivity contribution in [2.75, 3.05) is 0 Å². The molecule has 5 nitrogen and oxygen atoms in total. The molecule has 0 atom stereocenters. The molecule has 0 radical (unpaired) electrons. The van der Waals surface area contributed by atoms with Gasteiger partial charge in [0.15, 0.2) is 6.61 Å². The van der Waals surface area contributed by atoms with Crippen LogP contribution < -0.4 is 0 Å². The summed E-state index contributed by atoms with van der Waals surface area (Å²) in [5.41, 5.74) is 3.14. The third kappa shape index (κ3) is 3.63. The van der Waals surface area contributed by atoms with Crippen molar-refractivity contribution in [1.29, 1.82) is 0 Å². The lowest BCUT2D eigenvalue weighted by Crippen LogP contribution is -2.06.